The molecule has 2 rings (SSSR count). The Morgan fingerprint density at radius 3 is 2.50 bits per heavy atom. The van der Waals surface area contributed by atoms with Crippen LogP contribution in [0.2, 0.25) is 0 Å². The van der Waals surface area contributed by atoms with Crippen molar-refractivity contribution < 1.29 is 0 Å². The summed E-state index contributed by atoms with van der Waals surface area (Å²) in [5.74, 6) is 0. The van der Waals surface area contributed by atoms with E-state index in [1.54, 1.807) is 11.3 Å². The zero-order valence-electron chi connectivity index (χ0n) is 10.7. The van der Waals surface area contributed by atoms with E-state index < -0.39 is 0 Å². The molecule has 0 aliphatic heterocycles. The van der Waals surface area contributed by atoms with Gasteiger partial charge in [0.25, 0.3) is 0 Å². The van der Waals surface area contributed by atoms with E-state index >= 15 is 0 Å². The lowest BCUT2D eigenvalue weighted by molar-refractivity contribution is 0.598. The van der Waals surface area contributed by atoms with Gasteiger partial charge in [0.1, 0.15) is 0 Å². The smallest absolute Gasteiger partial charge is 0.0596 e. The Balaban J connectivity index is 2.30. The molecule has 0 amide bonds. The van der Waals surface area contributed by atoms with Gasteiger partial charge >= 0.3 is 0 Å². The largest absolute Gasteiger partial charge is 0.306 e. The van der Waals surface area contributed by atoms with Crippen LogP contribution < -0.4 is 5.32 Å². The highest BCUT2D eigenvalue weighted by Crippen LogP contribution is 2.31. The first kappa shape index (κ1) is 13.8. The average Bonchev–Trinajstić information content (AvgIpc) is 2.78. The molecule has 0 radical (unpaired) electrons. The second kappa shape index (κ2) is 6.50. The van der Waals surface area contributed by atoms with Crippen LogP contribution in [0.15, 0.2) is 39.5 Å². The first-order chi connectivity index (χ1) is 8.72. The van der Waals surface area contributed by atoms with E-state index in [4.69, 9.17) is 0 Å². The van der Waals surface area contributed by atoms with E-state index in [0.29, 0.717) is 0 Å². The van der Waals surface area contributed by atoms with Gasteiger partial charge in [-0.2, -0.15) is 11.3 Å². The summed E-state index contributed by atoms with van der Waals surface area (Å²) in [6.07, 6.45) is 1.14. The summed E-state index contributed by atoms with van der Waals surface area (Å²) < 4.78 is 1.20. The molecule has 3 heteroatoms. The van der Waals surface area contributed by atoms with Gasteiger partial charge < -0.3 is 5.32 Å². The number of benzene rings is 1. The van der Waals surface area contributed by atoms with Crippen molar-refractivity contribution in [3.8, 4) is 0 Å². The molecule has 1 nitrogen and oxygen atoms in total. The number of rotatable bonds is 5. The predicted octanol–water partition coefficient (Wildman–Crippen LogP) is 4.91. The van der Waals surface area contributed by atoms with Crippen molar-refractivity contribution in [1.82, 2.24) is 5.32 Å². The second-order valence-electron chi connectivity index (χ2n) is 4.47. The Labute approximate surface area is 121 Å². The van der Waals surface area contributed by atoms with Gasteiger partial charge in [0.2, 0.25) is 0 Å². The minimum atomic E-state index is 0.283. The Bertz CT molecular complexity index is 489. The second-order valence-corrected chi connectivity index (χ2v) is 6.07. The summed E-state index contributed by atoms with van der Waals surface area (Å²) in [5.41, 5.74) is 3.96. The maximum atomic E-state index is 3.64. The van der Waals surface area contributed by atoms with Crippen molar-refractivity contribution >= 4 is 27.3 Å². The van der Waals surface area contributed by atoms with Crippen molar-refractivity contribution in [3.63, 3.8) is 0 Å². The molecule has 0 fully saturated rings. The minimum absolute atomic E-state index is 0.283. The Morgan fingerprint density at radius 1 is 1.22 bits per heavy atom. The fourth-order valence-corrected chi connectivity index (χ4v) is 3.50. The molecule has 0 saturated heterocycles. The van der Waals surface area contributed by atoms with E-state index in [0.717, 1.165) is 13.0 Å². The summed E-state index contributed by atoms with van der Waals surface area (Å²) >= 11 is 5.38. The molecule has 96 valence electrons. The molecule has 0 saturated carbocycles. The molecule has 1 heterocycles. The number of halogens is 1. The van der Waals surface area contributed by atoms with Gasteiger partial charge in [0.05, 0.1) is 6.04 Å². The lowest BCUT2D eigenvalue weighted by atomic mass is 10.00. The molecule has 1 N–H and O–H groups in total. The maximum absolute atomic E-state index is 3.64. The molecule has 1 unspecified atom stereocenters. The highest BCUT2D eigenvalue weighted by molar-refractivity contribution is 9.10. The molecule has 0 aliphatic carbocycles. The van der Waals surface area contributed by atoms with Gasteiger partial charge in [-0.1, -0.05) is 36.8 Å². The molecule has 1 aromatic heterocycles. The third-order valence-corrected chi connectivity index (χ3v) is 4.71. The zero-order chi connectivity index (χ0) is 13.0. The van der Waals surface area contributed by atoms with Gasteiger partial charge in [-0.15, -0.1) is 0 Å². The minimum Gasteiger partial charge on any atom is -0.306 e. The topological polar surface area (TPSA) is 12.0 Å². The standard InChI is InChI=1S/C15H18BrNS/c1-3-8-17-15(13-9-18-10-14(13)16)12-6-4-11(2)5-7-12/h4-7,9-10,15,17H,3,8H2,1-2H3. The van der Waals surface area contributed by atoms with Crippen molar-refractivity contribution in [2.24, 2.45) is 0 Å². The van der Waals surface area contributed by atoms with Crippen LogP contribution >= 0.6 is 27.3 Å². The zero-order valence-corrected chi connectivity index (χ0v) is 13.1. The Morgan fingerprint density at radius 2 is 1.94 bits per heavy atom. The molecular formula is C15H18BrNS. The summed E-state index contributed by atoms with van der Waals surface area (Å²) in [7, 11) is 0. The van der Waals surface area contributed by atoms with Gasteiger partial charge in [-0.05, 0) is 52.3 Å². The highest BCUT2D eigenvalue weighted by atomic mass is 79.9. The number of hydrogen-bond acceptors (Lipinski definition) is 2. The van der Waals surface area contributed by atoms with Crippen LogP contribution in [0.5, 0.6) is 0 Å². The number of hydrogen-bond donors (Lipinski definition) is 1. The fraction of sp³-hybridized carbons (Fsp3) is 0.333. The van der Waals surface area contributed by atoms with Crippen LogP contribution in [0.3, 0.4) is 0 Å². The third kappa shape index (κ3) is 3.22. The number of aryl methyl sites for hydroxylation is 1. The van der Waals surface area contributed by atoms with E-state index in [1.165, 1.54) is 21.2 Å². The molecule has 0 bridgehead atoms. The van der Waals surface area contributed by atoms with Crippen molar-refractivity contribution in [1.29, 1.82) is 0 Å². The number of nitrogens with one attached hydrogen (secondary N) is 1. The van der Waals surface area contributed by atoms with Crippen LogP contribution in [0.25, 0.3) is 0 Å². The van der Waals surface area contributed by atoms with E-state index in [-0.39, 0.29) is 6.04 Å². The molecule has 18 heavy (non-hydrogen) atoms. The normalized spacial score (nSPS) is 12.6. The first-order valence-corrected chi connectivity index (χ1v) is 7.97. The summed E-state index contributed by atoms with van der Waals surface area (Å²) in [6, 6.07) is 9.07. The highest BCUT2D eigenvalue weighted by Gasteiger charge is 2.16. The lowest BCUT2D eigenvalue weighted by Gasteiger charge is -2.19. The fourth-order valence-electron chi connectivity index (χ4n) is 1.95. The van der Waals surface area contributed by atoms with Crippen LogP contribution in [0.4, 0.5) is 0 Å². The molecule has 1 atom stereocenters. The van der Waals surface area contributed by atoms with E-state index in [9.17, 15) is 0 Å². The van der Waals surface area contributed by atoms with Gasteiger partial charge in [-0.25, -0.2) is 0 Å². The van der Waals surface area contributed by atoms with E-state index in [1.807, 2.05) is 0 Å². The van der Waals surface area contributed by atoms with Crippen LogP contribution in [0, 0.1) is 6.92 Å². The van der Waals surface area contributed by atoms with Crippen molar-refractivity contribution in [2.45, 2.75) is 26.3 Å². The lowest BCUT2D eigenvalue weighted by Crippen LogP contribution is -2.23. The van der Waals surface area contributed by atoms with Crippen molar-refractivity contribution in [2.75, 3.05) is 6.54 Å². The van der Waals surface area contributed by atoms with Crippen LogP contribution in [-0.4, -0.2) is 6.54 Å². The molecule has 0 spiro atoms. The maximum Gasteiger partial charge on any atom is 0.0596 e. The molecule has 0 aliphatic rings. The first-order valence-electron chi connectivity index (χ1n) is 6.24. The van der Waals surface area contributed by atoms with Gasteiger partial charge in [0.15, 0.2) is 0 Å². The van der Waals surface area contributed by atoms with Crippen molar-refractivity contribution in [3.05, 3.63) is 56.2 Å². The van der Waals surface area contributed by atoms with Crippen LogP contribution in [0.1, 0.15) is 36.1 Å². The van der Waals surface area contributed by atoms with Crippen LogP contribution in [-0.2, 0) is 0 Å². The molecular weight excluding hydrogens is 306 g/mol. The number of thiophene rings is 1. The predicted molar refractivity (Wildman–Crippen MR) is 83.3 cm³/mol. The summed E-state index contributed by atoms with van der Waals surface area (Å²) in [6.45, 7) is 5.35. The van der Waals surface area contributed by atoms with Gasteiger partial charge in [0, 0.05) is 9.85 Å². The quantitative estimate of drug-likeness (QED) is 0.824. The van der Waals surface area contributed by atoms with Gasteiger partial charge in [-0.3, -0.25) is 0 Å². The Hall–Kier alpha value is -0.640. The summed E-state index contributed by atoms with van der Waals surface area (Å²) in [4.78, 5) is 0. The Kier molecular flexibility index (Phi) is 4.98. The molecule has 1 aromatic carbocycles. The van der Waals surface area contributed by atoms with E-state index in [2.05, 4.69) is 70.1 Å². The third-order valence-electron chi connectivity index (χ3n) is 2.96. The molecule has 2 aromatic rings. The summed E-state index contributed by atoms with van der Waals surface area (Å²) in [5, 5.41) is 7.99. The monoisotopic (exact) mass is 323 g/mol. The average molecular weight is 324 g/mol. The SMILES string of the molecule is CCCNC(c1ccc(C)cc1)c1cscc1Br.